The second kappa shape index (κ2) is 4.46. The van der Waals surface area contributed by atoms with Crippen LogP contribution in [0.1, 0.15) is 12.5 Å². The van der Waals surface area contributed by atoms with Crippen molar-refractivity contribution >= 4 is 16.1 Å². The Bertz CT molecular complexity index is 679. The van der Waals surface area contributed by atoms with Gasteiger partial charge in [0.25, 0.3) is 11.5 Å². The normalized spacial score (nSPS) is 23.0. The molecule has 1 saturated heterocycles. The van der Waals surface area contributed by atoms with Crippen LogP contribution in [0.25, 0.3) is 0 Å². The van der Waals surface area contributed by atoms with Crippen molar-refractivity contribution in [2.45, 2.75) is 19.5 Å². The van der Waals surface area contributed by atoms with Gasteiger partial charge in [0.1, 0.15) is 6.04 Å². The second-order valence-electron chi connectivity index (χ2n) is 4.52. The third-order valence-corrected chi connectivity index (χ3v) is 5.16. The lowest BCUT2D eigenvalue weighted by Gasteiger charge is -2.17. The molecule has 1 unspecified atom stereocenters. The van der Waals surface area contributed by atoms with E-state index in [9.17, 15) is 18.0 Å². The quantitative estimate of drug-likeness (QED) is 0.719. The van der Waals surface area contributed by atoms with E-state index in [-0.39, 0.29) is 12.1 Å². The number of carbonyl (C=O) groups is 1. The summed E-state index contributed by atoms with van der Waals surface area (Å²) in [5.74, 6) is -0.469. The Morgan fingerprint density at radius 1 is 1.26 bits per heavy atom. The van der Waals surface area contributed by atoms with Gasteiger partial charge < -0.3 is 4.57 Å². The lowest BCUT2D eigenvalue weighted by atomic mass is 10.2. The molecule has 0 spiro atoms. The van der Waals surface area contributed by atoms with Crippen LogP contribution in [-0.4, -0.2) is 40.6 Å². The number of hydrogen-bond acceptors (Lipinski definition) is 4. The first-order chi connectivity index (χ1) is 8.75. The van der Waals surface area contributed by atoms with Gasteiger partial charge in [0, 0.05) is 32.9 Å². The molecule has 1 aromatic rings. The molecule has 0 radical (unpaired) electrons. The lowest BCUT2D eigenvalue weighted by molar-refractivity contribution is -0.126. The van der Waals surface area contributed by atoms with Gasteiger partial charge in [-0.25, -0.2) is 4.31 Å². The number of rotatable bonds is 2. The van der Waals surface area contributed by atoms with Crippen LogP contribution in [0.15, 0.2) is 23.1 Å². The molecule has 1 amide bonds. The van der Waals surface area contributed by atoms with Crippen LogP contribution in [0.5, 0.6) is 0 Å². The average Bonchev–Trinajstić information content (AvgIpc) is 2.49. The maximum atomic E-state index is 12.0. The van der Waals surface area contributed by atoms with E-state index >= 15 is 0 Å². The molecule has 2 rings (SSSR count). The average molecular weight is 285 g/mol. The van der Waals surface area contributed by atoms with E-state index in [1.54, 1.807) is 19.3 Å². The number of likely N-dealkylation sites (N-methyl/N-ethyl adjacent to an activating group) is 1. The largest absolute Gasteiger partial charge is 0.319 e. The van der Waals surface area contributed by atoms with Crippen LogP contribution < -0.4 is 5.56 Å². The smallest absolute Gasteiger partial charge is 0.307 e. The van der Waals surface area contributed by atoms with Crippen molar-refractivity contribution in [3.63, 3.8) is 0 Å². The Balaban J connectivity index is 2.35. The molecule has 2 heterocycles. The fraction of sp³-hybridized carbons (Fsp3) is 0.455. The number of pyridine rings is 1. The predicted molar refractivity (Wildman–Crippen MR) is 68.4 cm³/mol. The van der Waals surface area contributed by atoms with Gasteiger partial charge in [0.15, 0.2) is 0 Å². The Morgan fingerprint density at radius 2 is 1.89 bits per heavy atom. The summed E-state index contributed by atoms with van der Waals surface area (Å²) in [5.41, 5.74) is 0.336. The molecule has 0 saturated carbocycles. The highest BCUT2D eigenvalue weighted by Gasteiger charge is 2.45. The molecular weight excluding hydrogens is 270 g/mol. The number of amides is 1. The SMILES string of the molecule is CC1C(=O)N(C)S(=O)(=O)N1Cc1ccn(C)c(=O)c1. The molecule has 0 aromatic carbocycles. The fourth-order valence-electron chi connectivity index (χ4n) is 1.94. The highest BCUT2D eigenvalue weighted by Crippen LogP contribution is 2.23. The zero-order valence-electron chi connectivity index (χ0n) is 10.9. The Hall–Kier alpha value is -1.67. The first kappa shape index (κ1) is 13.8. The molecule has 0 aliphatic carbocycles. The molecule has 1 aliphatic rings. The maximum Gasteiger partial charge on any atom is 0.307 e. The third-order valence-electron chi connectivity index (χ3n) is 3.25. The summed E-state index contributed by atoms with van der Waals surface area (Å²) in [7, 11) is -0.933. The van der Waals surface area contributed by atoms with Gasteiger partial charge in [-0.2, -0.15) is 12.7 Å². The van der Waals surface area contributed by atoms with Crippen molar-refractivity contribution in [2.75, 3.05) is 7.05 Å². The molecule has 1 fully saturated rings. The van der Waals surface area contributed by atoms with Crippen molar-refractivity contribution in [3.05, 3.63) is 34.2 Å². The number of nitrogens with zero attached hydrogens (tertiary/aromatic N) is 3. The monoisotopic (exact) mass is 285 g/mol. The van der Waals surface area contributed by atoms with Crippen LogP contribution in [0.2, 0.25) is 0 Å². The zero-order chi connectivity index (χ0) is 14.4. The van der Waals surface area contributed by atoms with Crippen LogP contribution in [0, 0.1) is 0 Å². The van der Waals surface area contributed by atoms with Crippen molar-refractivity contribution < 1.29 is 13.2 Å². The second-order valence-corrected chi connectivity index (χ2v) is 6.43. The van der Waals surface area contributed by atoms with E-state index in [4.69, 9.17) is 0 Å². The van der Waals surface area contributed by atoms with Crippen molar-refractivity contribution in [2.24, 2.45) is 7.05 Å². The minimum Gasteiger partial charge on any atom is -0.319 e. The molecular formula is C11H15N3O4S. The highest BCUT2D eigenvalue weighted by molar-refractivity contribution is 7.87. The molecule has 0 N–H and O–H groups in total. The zero-order valence-corrected chi connectivity index (χ0v) is 11.7. The summed E-state index contributed by atoms with van der Waals surface area (Å²) in [6.45, 7) is 1.54. The Morgan fingerprint density at radius 3 is 2.37 bits per heavy atom. The lowest BCUT2D eigenvalue weighted by Crippen LogP contribution is -2.33. The minimum atomic E-state index is -3.78. The molecule has 0 bridgehead atoms. The number of carbonyl (C=O) groups excluding carboxylic acids is 1. The van der Waals surface area contributed by atoms with E-state index < -0.39 is 22.2 Å². The van der Waals surface area contributed by atoms with E-state index in [0.717, 1.165) is 8.61 Å². The van der Waals surface area contributed by atoms with E-state index in [2.05, 4.69) is 0 Å². The Kier molecular flexibility index (Phi) is 3.23. The van der Waals surface area contributed by atoms with E-state index in [1.165, 1.54) is 24.6 Å². The summed E-state index contributed by atoms with van der Waals surface area (Å²) >= 11 is 0. The van der Waals surface area contributed by atoms with E-state index in [0.29, 0.717) is 5.56 Å². The van der Waals surface area contributed by atoms with Gasteiger partial charge in [-0.05, 0) is 18.6 Å². The van der Waals surface area contributed by atoms with Crippen molar-refractivity contribution in [1.29, 1.82) is 0 Å². The standard InChI is InChI=1S/C11H15N3O4S/c1-8-11(16)13(3)19(17,18)14(8)7-9-4-5-12(2)10(15)6-9/h4-6,8H,7H2,1-3H3. The summed E-state index contributed by atoms with van der Waals surface area (Å²) in [5, 5.41) is 0. The van der Waals surface area contributed by atoms with Gasteiger partial charge in [0.2, 0.25) is 0 Å². The number of aryl methyl sites for hydroxylation is 1. The molecule has 1 aliphatic heterocycles. The first-order valence-electron chi connectivity index (χ1n) is 5.70. The molecule has 1 atom stereocenters. The maximum absolute atomic E-state index is 12.0. The molecule has 104 valence electrons. The highest BCUT2D eigenvalue weighted by atomic mass is 32.2. The molecule has 8 heteroatoms. The summed E-state index contributed by atoms with van der Waals surface area (Å²) < 4.78 is 27.2. The summed E-state index contributed by atoms with van der Waals surface area (Å²) in [6, 6.07) is 2.27. The number of aromatic nitrogens is 1. The van der Waals surface area contributed by atoms with Crippen molar-refractivity contribution in [3.8, 4) is 0 Å². The van der Waals surface area contributed by atoms with E-state index in [1.807, 2.05) is 0 Å². The van der Waals surface area contributed by atoms with Gasteiger partial charge in [-0.15, -0.1) is 0 Å². The first-order valence-corrected chi connectivity index (χ1v) is 7.10. The fourth-order valence-corrected chi connectivity index (χ4v) is 3.44. The Labute approximate surface area is 111 Å². The topological polar surface area (TPSA) is 79.7 Å². The van der Waals surface area contributed by atoms with Crippen LogP contribution >= 0.6 is 0 Å². The minimum absolute atomic E-state index is 0.00958. The van der Waals surface area contributed by atoms with Gasteiger partial charge in [0.05, 0.1) is 0 Å². The third kappa shape index (κ3) is 2.17. The van der Waals surface area contributed by atoms with Crippen LogP contribution in [-0.2, 0) is 28.6 Å². The molecule has 1 aromatic heterocycles. The van der Waals surface area contributed by atoms with Crippen molar-refractivity contribution in [1.82, 2.24) is 13.2 Å². The number of hydrogen-bond donors (Lipinski definition) is 0. The molecule has 19 heavy (non-hydrogen) atoms. The van der Waals surface area contributed by atoms with Gasteiger partial charge >= 0.3 is 10.2 Å². The van der Waals surface area contributed by atoms with Gasteiger partial charge in [-0.1, -0.05) is 0 Å². The van der Waals surface area contributed by atoms with Crippen LogP contribution in [0.4, 0.5) is 0 Å². The molecule has 7 nitrogen and oxygen atoms in total. The van der Waals surface area contributed by atoms with Gasteiger partial charge in [-0.3, -0.25) is 9.59 Å². The van der Waals surface area contributed by atoms with Crippen LogP contribution in [0.3, 0.4) is 0 Å². The predicted octanol–water partition coefficient (Wildman–Crippen LogP) is -0.707. The summed E-state index contributed by atoms with van der Waals surface area (Å²) in [4.78, 5) is 23.2. The summed E-state index contributed by atoms with van der Waals surface area (Å²) in [6.07, 6.45) is 1.57.